The number of benzene rings is 1. The molecular formula is C17H15BrN2OS. The predicted molar refractivity (Wildman–Crippen MR) is 96.7 cm³/mol. The molecule has 0 radical (unpaired) electrons. The zero-order chi connectivity index (χ0) is 15.5. The Morgan fingerprint density at radius 3 is 2.86 bits per heavy atom. The van der Waals surface area contributed by atoms with Crippen molar-refractivity contribution in [2.45, 2.75) is 13.5 Å². The van der Waals surface area contributed by atoms with Gasteiger partial charge in [-0.25, -0.2) is 0 Å². The van der Waals surface area contributed by atoms with Crippen LogP contribution in [0.1, 0.15) is 17.4 Å². The highest BCUT2D eigenvalue weighted by molar-refractivity contribution is 9.10. The number of aromatic nitrogens is 1. The second-order valence-corrected chi connectivity index (χ2v) is 6.59. The summed E-state index contributed by atoms with van der Waals surface area (Å²) in [6, 6.07) is 11.5. The summed E-state index contributed by atoms with van der Waals surface area (Å²) < 4.78 is 4.17. The van der Waals surface area contributed by atoms with Gasteiger partial charge in [0.2, 0.25) is 0 Å². The first kappa shape index (κ1) is 15.1. The number of halogens is 1. The molecule has 0 aliphatic carbocycles. The molecule has 0 unspecified atom stereocenters. The van der Waals surface area contributed by atoms with E-state index in [1.807, 2.05) is 60.0 Å². The molecule has 2 heterocycles. The van der Waals surface area contributed by atoms with Gasteiger partial charge < -0.3 is 9.88 Å². The summed E-state index contributed by atoms with van der Waals surface area (Å²) in [6.45, 7) is 2.65. The van der Waals surface area contributed by atoms with Gasteiger partial charge in [0, 0.05) is 17.6 Å². The predicted octanol–water partition coefficient (Wildman–Crippen LogP) is 5.29. The Kier molecular flexibility index (Phi) is 4.45. The molecule has 0 atom stereocenters. The fourth-order valence-corrected chi connectivity index (χ4v) is 4.03. The van der Waals surface area contributed by atoms with E-state index >= 15 is 0 Å². The van der Waals surface area contributed by atoms with Gasteiger partial charge in [-0.1, -0.05) is 30.4 Å². The maximum Gasteiger partial charge on any atom is 0.272 e. The summed E-state index contributed by atoms with van der Waals surface area (Å²) in [5, 5.41) is 5.00. The minimum atomic E-state index is -0.0917. The van der Waals surface area contributed by atoms with Gasteiger partial charge >= 0.3 is 0 Å². The number of rotatable bonds is 4. The van der Waals surface area contributed by atoms with E-state index in [2.05, 4.69) is 26.6 Å². The average molecular weight is 375 g/mol. The molecular weight excluding hydrogens is 360 g/mol. The van der Waals surface area contributed by atoms with Crippen molar-refractivity contribution in [2.75, 3.05) is 5.32 Å². The smallest absolute Gasteiger partial charge is 0.272 e. The van der Waals surface area contributed by atoms with Crippen molar-refractivity contribution in [2.24, 2.45) is 0 Å². The van der Waals surface area contributed by atoms with E-state index in [-0.39, 0.29) is 5.91 Å². The third-order valence-electron chi connectivity index (χ3n) is 3.37. The molecule has 22 heavy (non-hydrogen) atoms. The average Bonchev–Trinajstić information content (AvgIpc) is 3.06. The second kappa shape index (κ2) is 6.50. The monoisotopic (exact) mass is 374 g/mol. The first-order chi connectivity index (χ1) is 10.7. The number of hydrogen-bond acceptors (Lipinski definition) is 2. The van der Waals surface area contributed by atoms with Crippen LogP contribution >= 0.6 is 27.3 Å². The minimum Gasteiger partial charge on any atom is -0.331 e. The number of amides is 1. The van der Waals surface area contributed by atoms with Gasteiger partial charge in [-0.15, -0.1) is 11.3 Å². The number of hydrogen-bond donors (Lipinski definition) is 1. The molecule has 112 valence electrons. The van der Waals surface area contributed by atoms with Crippen LogP contribution < -0.4 is 5.32 Å². The van der Waals surface area contributed by atoms with E-state index in [1.165, 1.54) is 0 Å². The molecule has 0 aliphatic rings. The van der Waals surface area contributed by atoms with Crippen molar-refractivity contribution in [3.63, 3.8) is 0 Å². The number of nitrogens with one attached hydrogen (secondary N) is 1. The fraction of sp³-hybridized carbons (Fsp3) is 0.118. The van der Waals surface area contributed by atoms with E-state index in [0.717, 1.165) is 20.4 Å². The molecule has 0 saturated heterocycles. The molecule has 1 amide bonds. The fourth-order valence-electron chi connectivity index (χ4n) is 2.34. The summed E-state index contributed by atoms with van der Waals surface area (Å²) in [6.07, 6.45) is 4.04. The standard InChI is InChI=1S/C17H15BrN2OS/c1-2-3-9-20-14(10-15-16(20)13(18)11-22-15)17(21)19-12-7-5-4-6-8-12/h2-8,10-11H,9H2,1H3,(H,19,21)/b3-2+. The maximum atomic E-state index is 12.6. The van der Waals surface area contributed by atoms with Gasteiger partial charge in [0.25, 0.3) is 5.91 Å². The normalized spacial score (nSPS) is 11.4. The van der Waals surface area contributed by atoms with E-state index in [0.29, 0.717) is 12.2 Å². The highest BCUT2D eigenvalue weighted by Gasteiger charge is 2.18. The molecule has 3 rings (SSSR count). The molecule has 0 bridgehead atoms. The third kappa shape index (κ3) is 2.87. The van der Waals surface area contributed by atoms with Crippen LogP contribution in [0.5, 0.6) is 0 Å². The highest BCUT2D eigenvalue weighted by atomic mass is 79.9. The molecule has 0 spiro atoms. The quantitative estimate of drug-likeness (QED) is 0.618. The van der Waals surface area contributed by atoms with E-state index in [1.54, 1.807) is 11.3 Å². The molecule has 0 saturated carbocycles. The van der Waals surface area contributed by atoms with E-state index in [9.17, 15) is 4.79 Å². The Hall–Kier alpha value is -1.85. The lowest BCUT2D eigenvalue weighted by atomic mass is 10.3. The van der Waals surface area contributed by atoms with Crippen LogP contribution in [0, 0.1) is 0 Å². The first-order valence-corrected chi connectivity index (χ1v) is 8.61. The Bertz CT molecular complexity index is 833. The molecule has 3 aromatic rings. The topological polar surface area (TPSA) is 34.0 Å². The van der Waals surface area contributed by atoms with Crippen molar-refractivity contribution in [1.82, 2.24) is 4.57 Å². The van der Waals surface area contributed by atoms with Crippen molar-refractivity contribution in [3.05, 3.63) is 64.1 Å². The number of carbonyl (C=O) groups is 1. The van der Waals surface area contributed by atoms with Gasteiger partial charge in [0.15, 0.2) is 0 Å². The number of carbonyl (C=O) groups excluding carboxylic acids is 1. The molecule has 0 aliphatic heterocycles. The van der Waals surface area contributed by atoms with Crippen LogP contribution in [0.15, 0.2) is 58.4 Å². The molecule has 3 nitrogen and oxygen atoms in total. The number of thiophene rings is 1. The van der Waals surface area contributed by atoms with Crippen LogP contribution in [0.25, 0.3) is 10.2 Å². The lowest BCUT2D eigenvalue weighted by Crippen LogP contribution is -2.16. The van der Waals surface area contributed by atoms with Gasteiger partial charge in [-0.2, -0.15) is 0 Å². The maximum absolute atomic E-state index is 12.6. The van der Waals surface area contributed by atoms with Gasteiger partial charge in [0.05, 0.1) is 14.7 Å². The number of para-hydroxylation sites is 1. The van der Waals surface area contributed by atoms with Crippen molar-refractivity contribution >= 4 is 49.1 Å². The van der Waals surface area contributed by atoms with E-state index < -0.39 is 0 Å². The zero-order valence-corrected chi connectivity index (χ0v) is 14.4. The molecule has 0 fully saturated rings. The first-order valence-electron chi connectivity index (χ1n) is 6.94. The summed E-state index contributed by atoms with van der Waals surface area (Å²) in [5.41, 5.74) is 2.54. The Labute approximate surface area is 141 Å². The summed E-state index contributed by atoms with van der Waals surface area (Å²) in [7, 11) is 0. The largest absolute Gasteiger partial charge is 0.331 e. The SMILES string of the molecule is C/C=C/Cn1c(C(=O)Nc2ccccc2)cc2scc(Br)c21. The zero-order valence-electron chi connectivity index (χ0n) is 12.0. The number of nitrogens with zero attached hydrogens (tertiary/aromatic N) is 1. The summed E-state index contributed by atoms with van der Waals surface area (Å²) >= 11 is 5.21. The van der Waals surface area contributed by atoms with Gasteiger partial charge in [-0.3, -0.25) is 4.79 Å². The molecule has 2 aromatic heterocycles. The van der Waals surface area contributed by atoms with Crippen molar-refractivity contribution in [3.8, 4) is 0 Å². The number of fused-ring (bicyclic) bond motifs is 1. The highest BCUT2D eigenvalue weighted by Crippen LogP contribution is 2.33. The van der Waals surface area contributed by atoms with Crippen molar-refractivity contribution in [1.29, 1.82) is 0 Å². The van der Waals surface area contributed by atoms with Crippen LogP contribution in [0.4, 0.5) is 5.69 Å². The van der Waals surface area contributed by atoms with Crippen LogP contribution in [-0.4, -0.2) is 10.5 Å². The Balaban J connectivity index is 2.00. The summed E-state index contributed by atoms with van der Waals surface area (Å²) in [5.74, 6) is -0.0917. The molecule has 1 N–H and O–H groups in total. The van der Waals surface area contributed by atoms with Crippen LogP contribution in [-0.2, 0) is 6.54 Å². The third-order valence-corrected chi connectivity index (χ3v) is 5.19. The lowest BCUT2D eigenvalue weighted by molar-refractivity contribution is 0.101. The second-order valence-electron chi connectivity index (χ2n) is 4.83. The van der Waals surface area contributed by atoms with Crippen LogP contribution in [0.3, 0.4) is 0 Å². The minimum absolute atomic E-state index is 0.0917. The van der Waals surface area contributed by atoms with E-state index in [4.69, 9.17) is 0 Å². The number of anilines is 1. The van der Waals surface area contributed by atoms with Crippen molar-refractivity contribution < 1.29 is 4.79 Å². The van der Waals surface area contributed by atoms with Crippen LogP contribution in [0.2, 0.25) is 0 Å². The molecule has 5 heteroatoms. The number of allylic oxidation sites excluding steroid dienone is 2. The lowest BCUT2D eigenvalue weighted by Gasteiger charge is -2.09. The van der Waals surface area contributed by atoms with Gasteiger partial charge in [-0.05, 0) is 41.1 Å². The molecule has 1 aromatic carbocycles. The summed E-state index contributed by atoms with van der Waals surface area (Å²) in [4.78, 5) is 12.6. The Morgan fingerprint density at radius 2 is 2.14 bits per heavy atom. The van der Waals surface area contributed by atoms with Gasteiger partial charge in [0.1, 0.15) is 5.69 Å². The Morgan fingerprint density at radius 1 is 1.36 bits per heavy atom.